The number of halogens is 5. The second-order valence-electron chi connectivity index (χ2n) is 7.74. The van der Waals surface area contributed by atoms with Gasteiger partial charge in [-0.05, 0) is 30.7 Å². The molecule has 0 saturated heterocycles. The van der Waals surface area contributed by atoms with E-state index < -0.39 is 53.9 Å². The highest BCUT2D eigenvalue weighted by Crippen LogP contribution is 2.35. The quantitative estimate of drug-likeness (QED) is 0.491. The molecule has 0 radical (unpaired) electrons. The first-order chi connectivity index (χ1) is 15.0. The Balaban J connectivity index is 1.90. The van der Waals surface area contributed by atoms with Crippen LogP contribution in [0.5, 0.6) is 0 Å². The van der Waals surface area contributed by atoms with E-state index in [1.165, 1.54) is 19.1 Å². The minimum absolute atomic E-state index is 0.00560. The van der Waals surface area contributed by atoms with Gasteiger partial charge in [-0.2, -0.15) is 0 Å². The SMILES string of the molecule is C[C@@]1(c2cc(CC(=O)c3ncc(C(F)F)cc3N)ccc2F)COC(CF)(CF)C(N)=N1. The van der Waals surface area contributed by atoms with Crippen LogP contribution in [0.3, 0.4) is 0 Å². The molecule has 1 aromatic carbocycles. The Labute approximate surface area is 180 Å². The number of aliphatic imine (C=N–C) groups is 1. The number of aromatic nitrogens is 1. The number of nitrogen functional groups attached to an aromatic ring is 1. The summed E-state index contributed by atoms with van der Waals surface area (Å²) in [5.41, 5.74) is 7.58. The van der Waals surface area contributed by atoms with Crippen LogP contribution in [0.1, 0.15) is 40.5 Å². The van der Waals surface area contributed by atoms with Crippen molar-refractivity contribution in [1.29, 1.82) is 0 Å². The van der Waals surface area contributed by atoms with Crippen molar-refractivity contribution in [1.82, 2.24) is 4.98 Å². The highest BCUT2D eigenvalue weighted by molar-refractivity contribution is 6.00. The fourth-order valence-corrected chi connectivity index (χ4v) is 3.36. The number of ether oxygens (including phenoxy) is 1. The van der Waals surface area contributed by atoms with Gasteiger partial charge in [0.05, 0.1) is 12.3 Å². The molecule has 2 heterocycles. The highest BCUT2D eigenvalue weighted by Gasteiger charge is 2.45. The number of anilines is 1. The van der Waals surface area contributed by atoms with Gasteiger partial charge in [-0.15, -0.1) is 0 Å². The van der Waals surface area contributed by atoms with E-state index in [1.54, 1.807) is 0 Å². The van der Waals surface area contributed by atoms with E-state index in [1.807, 2.05) is 0 Å². The van der Waals surface area contributed by atoms with Gasteiger partial charge in [0.2, 0.25) is 0 Å². The van der Waals surface area contributed by atoms with Gasteiger partial charge in [0, 0.05) is 23.7 Å². The summed E-state index contributed by atoms with van der Waals surface area (Å²) in [7, 11) is 0. The summed E-state index contributed by atoms with van der Waals surface area (Å²) in [6.07, 6.45) is -2.17. The van der Waals surface area contributed by atoms with Gasteiger partial charge >= 0.3 is 0 Å². The number of pyridine rings is 1. The summed E-state index contributed by atoms with van der Waals surface area (Å²) in [5.74, 6) is -1.69. The van der Waals surface area contributed by atoms with E-state index in [0.717, 1.165) is 18.3 Å². The lowest BCUT2D eigenvalue weighted by Gasteiger charge is -2.39. The Morgan fingerprint density at radius 3 is 2.47 bits per heavy atom. The molecule has 3 rings (SSSR count). The number of nitrogens with zero attached hydrogens (tertiary/aromatic N) is 2. The van der Waals surface area contributed by atoms with Crippen molar-refractivity contribution in [2.24, 2.45) is 10.7 Å². The number of Topliss-reactive ketones (excluding diaryl/α,β-unsaturated/α-hetero) is 1. The molecule has 0 saturated carbocycles. The van der Waals surface area contributed by atoms with E-state index in [9.17, 15) is 26.7 Å². The maximum absolute atomic E-state index is 14.6. The lowest BCUT2D eigenvalue weighted by Crippen LogP contribution is -2.56. The Kier molecular flexibility index (Phi) is 6.49. The highest BCUT2D eigenvalue weighted by atomic mass is 19.3. The monoisotopic (exact) mass is 456 g/mol. The maximum Gasteiger partial charge on any atom is 0.265 e. The van der Waals surface area contributed by atoms with Crippen LogP contribution >= 0.6 is 0 Å². The normalized spacial score (nSPS) is 20.3. The predicted molar refractivity (Wildman–Crippen MR) is 108 cm³/mol. The topological polar surface area (TPSA) is 104 Å². The molecule has 0 unspecified atom stereocenters. The van der Waals surface area contributed by atoms with Gasteiger partial charge in [0.15, 0.2) is 11.4 Å². The van der Waals surface area contributed by atoms with Gasteiger partial charge in [-0.1, -0.05) is 6.07 Å². The molecule has 11 heteroatoms. The van der Waals surface area contributed by atoms with Gasteiger partial charge in [-0.3, -0.25) is 14.8 Å². The van der Waals surface area contributed by atoms with Crippen LogP contribution in [0, 0.1) is 5.82 Å². The van der Waals surface area contributed by atoms with Crippen LogP contribution in [-0.4, -0.2) is 42.2 Å². The van der Waals surface area contributed by atoms with Crippen molar-refractivity contribution in [2.75, 3.05) is 25.7 Å². The fraction of sp³-hybridized carbons (Fsp3) is 0.381. The summed E-state index contributed by atoms with van der Waals surface area (Å²) in [6.45, 7) is -1.33. The summed E-state index contributed by atoms with van der Waals surface area (Å²) < 4.78 is 72.0. The van der Waals surface area contributed by atoms with Crippen LogP contribution in [0.4, 0.5) is 27.6 Å². The Hall–Kier alpha value is -3.08. The number of ketones is 1. The Morgan fingerprint density at radius 2 is 1.91 bits per heavy atom. The van der Waals surface area contributed by atoms with Gasteiger partial charge in [0.1, 0.15) is 36.2 Å². The van der Waals surface area contributed by atoms with Crippen molar-refractivity contribution in [3.63, 3.8) is 0 Å². The van der Waals surface area contributed by atoms with Crippen molar-refractivity contribution >= 4 is 17.3 Å². The van der Waals surface area contributed by atoms with E-state index in [4.69, 9.17) is 16.2 Å². The Morgan fingerprint density at radius 1 is 1.22 bits per heavy atom. The number of nitrogens with two attached hydrogens (primary N) is 2. The minimum Gasteiger partial charge on any atom is -0.397 e. The standard InChI is InChI=1S/C21H21F5N4O2/c1-20(10-32-21(8-22,9-23)19(28)30-20)13-4-11(2-3-14(13)24)5-16(31)17-15(27)6-12(7-29-17)18(25)26/h2-4,6-7,18H,5,8-10,27H2,1H3,(H2,28,30)/t20-/m0/s1. The number of alkyl halides is 4. The average molecular weight is 456 g/mol. The van der Waals surface area contributed by atoms with Crippen LogP contribution in [0.25, 0.3) is 0 Å². The third kappa shape index (κ3) is 4.29. The van der Waals surface area contributed by atoms with Gasteiger partial charge in [-0.25, -0.2) is 22.0 Å². The first kappa shape index (κ1) is 23.6. The van der Waals surface area contributed by atoms with Gasteiger partial charge < -0.3 is 16.2 Å². The molecular weight excluding hydrogens is 435 g/mol. The first-order valence-electron chi connectivity index (χ1n) is 9.52. The van der Waals surface area contributed by atoms with Gasteiger partial charge in [0.25, 0.3) is 6.43 Å². The number of carbonyl (C=O) groups excluding carboxylic acids is 1. The zero-order valence-electron chi connectivity index (χ0n) is 17.0. The lowest BCUT2D eigenvalue weighted by molar-refractivity contribution is -0.0575. The number of amidine groups is 1. The smallest absolute Gasteiger partial charge is 0.265 e. The zero-order valence-corrected chi connectivity index (χ0v) is 17.0. The zero-order chi connectivity index (χ0) is 23.7. The summed E-state index contributed by atoms with van der Waals surface area (Å²) in [4.78, 5) is 20.5. The molecule has 172 valence electrons. The number of carbonyl (C=O) groups is 1. The molecule has 32 heavy (non-hydrogen) atoms. The molecule has 6 nitrogen and oxygen atoms in total. The largest absolute Gasteiger partial charge is 0.397 e. The molecular formula is C21H21F5N4O2. The average Bonchev–Trinajstić information content (AvgIpc) is 2.75. The van der Waals surface area contributed by atoms with E-state index in [0.29, 0.717) is 5.56 Å². The molecule has 0 spiro atoms. The van der Waals surface area contributed by atoms with Crippen LogP contribution in [0.15, 0.2) is 35.5 Å². The molecule has 4 N–H and O–H groups in total. The molecule has 1 aromatic heterocycles. The molecule has 0 fully saturated rings. The third-order valence-corrected chi connectivity index (χ3v) is 5.33. The molecule has 1 atom stereocenters. The maximum atomic E-state index is 14.6. The third-order valence-electron chi connectivity index (χ3n) is 5.33. The second kappa shape index (κ2) is 8.81. The fourth-order valence-electron chi connectivity index (χ4n) is 3.36. The van der Waals surface area contributed by atoms with Crippen LogP contribution < -0.4 is 11.5 Å². The number of benzene rings is 1. The number of rotatable bonds is 7. The molecule has 0 aliphatic carbocycles. The summed E-state index contributed by atoms with van der Waals surface area (Å²) >= 11 is 0. The lowest BCUT2D eigenvalue weighted by atomic mass is 9.88. The molecule has 1 aliphatic rings. The van der Waals surface area contributed by atoms with E-state index >= 15 is 0 Å². The van der Waals surface area contributed by atoms with Crippen molar-refractivity contribution in [3.05, 3.63) is 58.7 Å². The predicted octanol–water partition coefficient (Wildman–Crippen LogP) is 3.45. The van der Waals surface area contributed by atoms with Crippen molar-refractivity contribution < 1.29 is 31.5 Å². The molecule has 0 bridgehead atoms. The van der Waals surface area contributed by atoms with Crippen LogP contribution in [0.2, 0.25) is 0 Å². The minimum atomic E-state index is -2.78. The van der Waals surface area contributed by atoms with Crippen molar-refractivity contribution in [2.45, 2.75) is 30.9 Å². The molecule has 0 amide bonds. The first-order valence-corrected chi connectivity index (χ1v) is 9.52. The van der Waals surface area contributed by atoms with Crippen LogP contribution in [-0.2, 0) is 16.7 Å². The molecule has 2 aromatic rings. The number of hydrogen-bond donors (Lipinski definition) is 2. The molecule has 1 aliphatic heterocycles. The second-order valence-corrected chi connectivity index (χ2v) is 7.74. The summed E-state index contributed by atoms with van der Waals surface area (Å²) in [5, 5.41) is 0. The summed E-state index contributed by atoms with van der Waals surface area (Å²) in [6, 6.07) is 4.79. The van der Waals surface area contributed by atoms with E-state index in [2.05, 4.69) is 9.98 Å². The Bertz CT molecular complexity index is 1060. The number of hydrogen-bond acceptors (Lipinski definition) is 6. The van der Waals surface area contributed by atoms with E-state index in [-0.39, 0.29) is 30.0 Å². The van der Waals surface area contributed by atoms with Crippen molar-refractivity contribution in [3.8, 4) is 0 Å².